The number of carbonyl (C=O) groups is 3. The van der Waals surface area contributed by atoms with Crippen molar-refractivity contribution in [3.63, 3.8) is 0 Å². The minimum Gasteiger partial charge on any atom is -0.465 e. The highest BCUT2D eigenvalue weighted by atomic mass is 16.5. The third-order valence-electron chi connectivity index (χ3n) is 6.24. The molecule has 4 aromatic rings. The molecule has 2 N–H and O–H groups in total. The van der Waals surface area contributed by atoms with Gasteiger partial charge in [-0.2, -0.15) is 0 Å². The number of nitrogens with one attached hydrogen (secondary N) is 2. The molecule has 11 heteroatoms. The molecule has 0 aliphatic heterocycles. The summed E-state index contributed by atoms with van der Waals surface area (Å²) in [4.78, 5) is 62.8. The van der Waals surface area contributed by atoms with Crippen molar-refractivity contribution in [3.05, 3.63) is 104 Å². The van der Waals surface area contributed by atoms with Crippen molar-refractivity contribution in [2.75, 3.05) is 31.5 Å². The number of fused-ring (bicyclic) bond motifs is 1. The highest BCUT2D eigenvalue weighted by molar-refractivity contribution is 6.02. The van der Waals surface area contributed by atoms with Crippen LogP contribution in [0.3, 0.4) is 0 Å². The molecule has 40 heavy (non-hydrogen) atoms. The number of nitrogens with zero attached hydrogens (tertiary/aromatic N) is 2. The zero-order chi connectivity index (χ0) is 28.8. The number of carbonyl (C=O) groups excluding carboxylic acids is 3. The number of methoxy groups -OCH3 is 2. The van der Waals surface area contributed by atoms with Gasteiger partial charge in [0.2, 0.25) is 0 Å². The summed E-state index contributed by atoms with van der Waals surface area (Å²) < 4.78 is 12.4. The number of hydrogen-bond donors (Lipinski definition) is 2. The van der Waals surface area contributed by atoms with Crippen LogP contribution in [0.4, 0.5) is 16.2 Å². The summed E-state index contributed by atoms with van der Waals surface area (Å²) in [7, 11) is 2.77. The van der Waals surface area contributed by atoms with Crippen molar-refractivity contribution in [1.82, 2.24) is 9.13 Å². The largest absolute Gasteiger partial charge is 0.465 e. The Balaban J connectivity index is 1.68. The molecule has 4 rings (SSSR count). The Morgan fingerprint density at radius 1 is 0.825 bits per heavy atom. The minimum absolute atomic E-state index is 0.0377. The van der Waals surface area contributed by atoms with E-state index in [9.17, 15) is 24.0 Å². The third kappa shape index (κ3) is 6.16. The predicted octanol–water partition coefficient (Wildman–Crippen LogP) is 3.49. The molecule has 0 saturated carbocycles. The van der Waals surface area contributed by atoms with E-state index in [1.165, 1.54) is 31.8 Å². The predicted molar refractivity (Wildman–Crippen MR) is 150 cm³/mol. The topological polar surface area (TPSA) is 138 Å². The Bertz CT molecular complexity index is 1700. The number of esters is 1. The van der Waals surface area contributed by atoms with Gasteiger partial charge >= 0.3 is 17.7 Å². The number of ketones is 1. The zero-order valence-electron chi connectivity index (χ0n) is 22.2. The van der Waals surface area contributed by atoms with Crippen LogP contribution >= 0.6 is 0 Å². The van der Waals surface area contributed by atoms with E-state index < -0.39 is 23.2 Å². The first-order chi connectivity index (χ1) is 19.2. The van der Waals surface area contributed by atoms with Crippen molar-refractivity contribution in [2.45, 2.75) is 20.0 Å². The summed E-state index contributed by atoms with van der Waals surface area (Å²) in [6, 6.07) is 17.2. The second-order valence-electron chi connectivity index (χ2n) is 8.95. The van der Waals surface area contributed by atoms with E-state index in [-0.39, 0.29) is 30.9 Å². The molecule has 0 unspecified atom stereocenters. The quantitative estimate of drug-likeness (QED) is 0.243. The van der Waals surface area contributed by atoms with Crippen molar-refractivity contribution in [3.8, 4) is 0 Å². The molecule has 3 aromatic carbocycles. The molecule has 0 radical (unpaired) electrons. The summed E-state index contributed by atoms with van der Waals surface area (Å²) >= 11 is 0. The van der Waals surface area contributed by atoms with Gasteiger partial charge in [0.1, 0.15) is 0 Å². The monoisotopic (exact) mass is 544 g/mol. The number of hydrogen-bond acceptors (Lipinski definition) is 7. The molecule has 0 aliphatic carbocycles. The summed E-state index contributed by atoms with van der Waals surface area (Å²) in [6.07, 6.45) is 0. The fraction of sp³-hybridized carbons (Fsp3) is 0.207. The maximum Gasteiger partial charge on any atom is 0.337 e. The highest BCUT2D eigenvalue weighted by Crippen LogP contribution is 2.18. The van der Waals surface area contributed by atoms with Gasteiger partial charge in [0.25, 0.3) is 5.56 Å². The van der Waals surface area contributed by atoms with E-state index in [0.29, 0.717) is 28.0 Å². The maximum absolute atomic E-state index is 13.4. The standard InChI is InChI=1S/C29H28N4O7/c1-18(34)21-5-4-6-22(15-21)30-28(37)31-23-11-12-25-24(16-23)26(35)32(13-14-39-2)29(38)33(25)17-19-7-9-20(10-8-19)27(36)40-3/h4-12,15-16H,13-14,17H2,1-3H3,(H2,30,31,37). The van der Waals surface area contributed by atoms with Crippen LogP contribution in [0.5, 0.6) is 0 Å². The molecule has 0 saturated heterocycles. The van der Waals surface area contributed by atoms with E-state index in [1.54, 1.807) is 60.7 Å². The van der Waals surface area contributed by atoms with Crippen LogP contribution in [0.1, 0.15) is 33.2 Å². The van der Waals surface area contributed by atoms with Gasteiger partial charge < -0.3 is 20.1 Å². The lowest BCUT2D eigenvalue weighted by atomic mass is 10.1. The molecule has 0 fully saturated rings. The zero-order valence-corrected chi connectivity index (χ0v) is 22.2. The average molecular weight is 545 g/mol. The van der Waals surface area contributed by atoms with Crippen LogP contribution < -0.4 is 21.9 Å². The lowest BCUT2D eigenvalue weighted by Crippen LogP contribution is -2.41. The van der Waals surface area contributed by atoms with Crippen molar-refractivity contribution >= 4 is 40.1 Å². The van der Waals surface area contributed by atoms with Crippen LogP contribution in [0.2, 0.25) is 0 Å². The van der Waals surface area contributed by atoms with Gasteiger partial charge in [-0.25, -0.2) is 14.4 Å². The first-order valence-electron chi connectivity index (χ1n) is 12.3. The van der Waals surface area contributed by atoms with Gasteiger partial charge in [0, 0.05) is 24.0 Å². The summed E-state index contributed by atoms with van der Waals surface area (Å²) in [5.41, 5.74) is 1.65. The molecule has 206 valence electrons. The van der Waals surface area contributed by atoms with Gasteiger partial charge in [0.15, 0.2) is 5.78 Å². The molecule has 11 nitrogen and oxygen atoms in total. The minimum atomic E-state index is -0.571. The third-order valence-corrected chi connectivity index (χ3v) is 6.24. The molecule has 0 aliphatic rings. The SMILES string of the molecule is COCCn1c(=O)c2cc(NC(=O)Nc3cccc(C(C)=O)c3)ccc2n(Cc2ccc(C(=O)OC)cc2)c1=O. The van der Waals surface area contributed by atoms with Gasteiger partial charge in [-0.15, -0.1) is 0 Å². The van der Waals surface area contributed by atoms with Crippen LogP contribution in [0.25, 0.3) is 10.9 Å². The molecular weight excluding hydrogens is 516 g/mol. The highest BCUT2D eigenvalue weighted by Gasteiger charge is 2.16. The van der Waals surface area contributed by atoms with Crippen molar-refractivity contribution in [2.24, 2.45) is 0 Å². The van der Waals surface area contributed by atoms with Crippen molar-refractivity contribution < 1.29 is 23.9 Å². The number of anilines is 2. The normalized spacial score (nSPS) is 10.8. The number of rotatable bonds is 9. The first-order valence-corrected chi connectivity index (χ1v) is 12.3. The fourth-order valence-corrected chi connectivity index (χ4v) is 4.19. The van der Waals surface area contributed by atoms with Gasteiger partial charge in [-0.05, 0) is 55.0 Å². The number of Topliss-reactive ketones (excluding diaryl/α,β-unsaturated/α-hetero) is 1. The Morgan fingerprint density at radius 3 is 2.17 bits per heavy atom. The Hall–Kier alpha value is -5.03. The molecule has 1 aromatic heterocycles. The number of amides is 2. The van der Waals surface area contributed by atoms with Crippen LogP contribution in [-0.2, 0) is 22.6 Å². The van der Waals surface area contributed by atoms with E-state index in [2.05, 4.69) is 10.6 Å². The Morgan fingerprint density at radius 2 is 1.52 bits per heavy atom. The van der Waals surface area contributed by atoms with Crippen LogP contribution in [0, 0.1) is 0 Å². The number of aromatic nitrogens is 2. The lowest BCUT2D eigenvalue weighted by molar-refractivity contribution is 0.0600. The van der Waals surface area contributed by atoms with E-state index >= 15 is 0 Å². The second kappa shape index (κ2) is 12.2. The fourth-order valence-electron chi connectivity index (χ4n) is 4.19. The summed E-state index contributed by atoms with van der Waals surface area (Å²) in [5, 5.41) is 5.58. The van der Waals surface area contributed by atoms with Gasteiger partial charge in [0.05, 0.1) is 43.3 Å². The molecular formula is C29H28N4O7. The number of ether oxygens (including phenoxy) is 2. The molecule has 0 atom stereocenters. The summed E-state index contributed by atoms with van der Waals surface area (Å²) in [6.45, 7) is 1.75. The molecule has 2 amide bonds. The van der Waals surface area contributed by atoms with Crippen molar-refractivity contribution in [1.29, 1.82) is 0 Å². The van der Waals surface area contributed by atoms with Crippen LogP contribution in [-0.4, -0.2) is 47.7 Å². The Kier molecular flexibility index (Phi) is 8.55. The van der Waals surface area contributed by atoms with E-state index in [1.807, 2.05) is 0 Å². The lowest BCUT2D eigenvalue weighted by Gasteiger charge is -2.15. The van der Waals surface area contributed by atoms with Crippen LogP contribution in [0.15, 0.2) is 76.3 Å². The van der Waals surface area contributed by atoms with Gasteiger partial charge in [-0.1, -0.05) is 24.3 Å². The number of benzene rings is 3. The molecule has 0 spiro atoms. The smallest absolute Gasteiger partial charge is 0.337 e. The summed E-state index contributed by atoms with van der Waals surface area (Å²) in [5.74, 6) is -0.605. The van der Waals surface area contributed by atoms with E-state index in [0.717, 1.165) is 10.1 Å². The van der Waals surface area contributed by atoms with Gasteiger partial charge in [-0.3, -0.25) is 18.7 Å². The second-order valence-corrected chi connectivity index (χ2v) is 8.95. The first kappa shape index (κ1) is 28.0. The molecule has 1 heterocycles. The average Bonchev–Trinajstić information content (AvgIpc) is 2.95. The Labute approximate surface area is 229 Å². The number of urea groups is 1. The maximum atomic E-state index is 13.4. The van der Waals surface area contributed by atoms with E-state index in [4.69, 9.17) is 9.47 Å². The molecule has 0 bridgehead atoms.